The number of hydrogen-bond acceptors (Lipinski definition) is 4. The van der Waals surface area contributed by atoms with Crippen LogP contribution < -0.4 is 10.1 Å². The van der Waals surface area contributed by atoms with E-state index in [1.165, 1.54) is 12.3 Å². The van der Waals surface area contributed by atoms with Gasteiger partial charge in [0.15, 0.2) is 0 Å². The molecule has 1 amide bonds. The molecule has 1 aromatic heterocycles. The number of hydrogen-bond donors (Lipinski definition) is 1. The molecular formula is C16H14N2O3. The minimum absolute atomic E-state index is 0.0451. The van der Waals surface area contributed by atoms with Crippen molar-refractivity contribution in [1.82, 2.24) is 0 Å². The Morgan fingerprint density at radius 3 is 2.86 bits per heavy atom. The summed E-state index contributed by atoms with van der Waals surface area (Å²) in [5.74, 6) is 0.490. The van der Waals surface area contributed by atoms with Crippen molar-refractivity contribution >= 4 is 17.7 Å². The van der Waals surface area contributed by atoms with Gasteiger partial charge in [0, 0.05) is 6.08 Å². The number of nitriles is 1. The molecule has 1 heterocycles. The number of ether oxygens (including phenoxy) is 1. The van der Waals surface area contributed by atoms with Gasteiger partial charge in [-0.2, -0.15) is 5.26 Å². The third-order valence-electron chi connectivity index (χ3n) is 2.63. The van der Waals surface area contributed by atoms with E-state index in [1.807, 2.05) is 19.1 Å². The molecular weight excluding hydrogens is 268 g/mol. The molecule has 5 heteroatoms. The first-order chi connectivity index (χ1) is 10.2. The third-order valence-corrected chi connectivity index (χ3v) is 2.63. The van der Waals surface area contributed by atoms with Gasteiger partial charge in [-0.15, -0.1) is 0 Å². The lowest BCUT2D eigenvalue weighted by Crippen LogP contribution is -2.14. The van der Waals surface area contributed by atoms with Crippen LogP contribution in [-0.4, -0.2) is 12.5 Å². The number of benzene rings is 1. The summed E-state index contributed by atoms with van der Waals surface area (Å²) in [5.41, 5.74) is 0.473. The molecule has 0 bridgehead atoms. The van der Waals surface area contributed by atoms with Crippen molar-refractivity contribution in [1.29, 1.82) is 5.26 Å². The van der Waals surface area contributed by atoms with E-state index in [2.05, 4.69) is 5.32 Å². The highest BCUT2D eigenvalue weighted by atomic mass is 16.5. The average molecular weight is 282 g/mol. The predicted molar refractivity (Wildman–Crippen MR) is 78.5 cm³/mol. The smallest absolute Gasteiger partial charge is 0.266 e. The number of carbonyl (C=O) groups is 1. The first kappa shape index (κ1) is 14.4. The van der Waals surface area contributed by atoms with E-state index in [-0.39, 0.29) is 5.57 Å². The lowest BCUT2D eigenvalue weighted by molar-refractivity contribution is -0.112. The molecule has 0 saturated heterocycles. The number of nitrogens with one attached hydrogen (secondary N) is 1. The Bertz CT molecular complexity index is 682. The van der Waals surface area contributed by atoms with Crippen LogP contribution in [0.1, 0.15) is 12.7 Å². The zero-order valence-electron chi connectivity index (χ0n) is 11.5. The Kier molecular flexibility index (Phi) is 4.78. The van der Waals surface area contributed by atoms with Crippen LogP contribution in [0.15, 0.2) is 52.7 Å². The SMILES string of the molecule is CCOc1ccccc1NC(=O)/C(C#N)=C\c1ccco1. The maximum atomic E-state index is 12.1. The number of nitrogens with zero attached hydrogens (tertiary/aromatic N) is 1. The Morgan fingerprint density at radius 2 is 2.19 bits per heavy atom. The topological polar surface area (TPSA) is 75.3 Å². The van der Waals surface area contributed by atoms with E-state index in [0.29, 0.717) is 23.8 Å². The van der Waals surface area contributed by atoms with Gasteiger partial charge in [0.1, 0.15) is 23.2 Å². The standard InChI is InChI=1S/C16H14N2O3/c1-2-20-15-8-4-3-7-14(15)18-16(19)12(11-17)10-13-6-5-9-21-13/h3-10H,2H2,1H3,(H,18,19)/b12-10-. The van der Waals surface area contributed by atoms with Crippen molar-refractivity contribution in [3.8, 4) is 11.8 Å². The van der Waals surface area contributed by atoms with Gasteiger partial charge in [0.05, 0.1) is 18.6 Å². The zero-order chi connectivity index (χ0) is 15.1. The second-order valence-electron chi connectivity index (χ2n) is 4.07. The summed E-state index contributed by atoms with van der Waals surface area (Å²) in [5, 5.41) is 11.8. The summed E-state index contributed by atoms with van der Waals surface area (Å²) in [6.45, 7) is 2.34. The van der Waals surface area contributed by atoms with Crippen LogP contribution >= 0.6 is 0 Å². The van der Waals surface area contributed by atoms with Crippen LogP contribution in [0.4, 0.5) is 5.69 Å². The Hall–Kier alpha value is -3.00. The zero-order valence-corrected chi connectivity index (χ0v) is 11.5. The molecule has 0 atom stereocenters. The molecule has 0 unspecified atom stereocenters. The van der Waals surface area contributed by atoms with E-state index >= 15 is 0 Å². The molecule has 106 valence electrons. The van der Waals surface area contributed by atoms with Gasteiger partial charge in [0.2, 0.25) is 0 Å². The summed E-state index contributed by atoms with van der Waals surface area (Å²) < 4.78 is 10.5. The molecule has 1 N–H and O–H groups in total. The van der Waals surface area contributed by atoms with Crippen LogP contribution in [0.5, 0.6) is 5.75 Å². The molecule has 0 aliphatic heterocycles. The van der Waals surface area contributed by atoms with Gasteiger partial charge in [-0.3, -0.25) is 4.79 Å². The second kappa shape index (κ2) is 6.96. The molecule has 2 aromatic rings. The average Bonchev–Trinajstić information content (AvgIpc) is 3.00. The third kappa shape index (κ3) is 3.74. The first-order valence-corrected chi connectivity index (χ1v) is 6.43. The van der Waals surface area contributed by atoms with Crippen LogP contribution in [0.3, 0.4) is 0 Å². The highest BCUT2D eigenvalue weighted by Crippen LogP contribution is 2.24. The maximum absolute atomic E-state index is 12.1. The van der Waals surface area contributed by atoms with Crippen molar-refractivity contribution in [2.75, 3.05) is 11.9 Å². The fraction of sp³-hybridized carbons (Fsp3) is 0.125. The van der Waals surface area contributed by atoms with Crippen LogP contribution in [0.25, 0.3) is 6.08 Å². The highest BCUT2D eigenvalue weighted by molar-refractivity contribution is 6.10. The molecule has 5 nitrogen and oxygen atoms in total. The Balaban J connectivity index is 2.19. The van der Waals surface area contributed by atoms with Crippen molar-refractivity contribution in [3.05, 3.63) is 54.0 Å². The van der Waals surface area contributed by atoms with Crippen molar-refractivity contribution in [2.24, 2.45) is 0 Å². The number of anilines is 1. The maximum Gasteiger partial charge on any atom is 0.266 e. The summed E-state index contributed by atoms with van der Waals surface area (Å²) in [6, 6.07) is 12.3. The fourth-order valence-electron chi connectivity index (χ4n) is 1.71. The molecule has 2 rings (SSSR count). The highest BCUT2D eigenvalue weighted by Gasteiger charge is 2.12. The minimum Gasteiger partial charge on any atom is -0.492 e. The quantitative estimate of drug-likeness (QED) is 0.674. The number of amides is 1. The van der Waals surface area contributed by atoms with Crippen molar-refractivity contribution in [3.63, 3.8) is 0 Å². The fourth-order valence-corrected chi connectivity index (χ4v) is 1.71. The van der Waals surface area contributed by atoms with Gasteiger partial charge >= 0.3 is 0 Å². The summed E-state index contributed by atoms with van der Waals surface area (Å²) in [4.78, 5) is 12.1. The number of carbonyl (C=O) groups excluding carboxylic acids is 1. The molecule has 0 radical (unpaired) electrons. The number of para-hydroxylation sites is 2. The monoisotopic (exact) mass is 282 g/mol. The minimum atomic E-state index is -0.513. The van der Waals surface area contributed by atoms with Crippen molar-refractivity contribution in [2.45, 2.75) is 6.92 Å². The van der Waals surface area contributed by atoms with Gasteiger partial charge in [-0.1, -0.05) is 12.1 Å². The molecule has 21 heavy (non-hydrogen) atoms. The molecule has 0 saturated carbocycles. The van der Waals surface area contributed by atoms with Crippen LogP contribution in [0, 0.1) is 11.3 Å². The van der Waals surface area contributed by atoms with Crippen molar-refractivity contribution < 1.29 is 13.9 Å². The van der Waals surface area contributed by atoms with Crippen LogP contribution in [-0.2, 0) is 4.79 Å². The van der Waals surface area contributed by atoms with E-state index in [9.17, 15) is 4.79 Å². The molecule has 1 aromatic carbocycles. The Morgan fingerprint density at radius 1 is 1.38 bits per heavy atom. The van der Waals surface area contributed by atoms with E-state index in [4.69, 9.17) is 14.4 Å². The van der Waals surface area contributed by atoms with E-state index in [1.54, 1.807) is 30.3 Å². The van der Waals surface area contributed by atoms with E-state index < -0.39 is 5.91 Å². The Labute approximate surface area is 122 Å². The van der Waals surface area contributed by atoms with Crippen LogP contribution in [0.2, 0.25) is 0 Å². The lowest BCUT2D eigenvalue weighted by atomic mass is 10.2. The number of rotatable bonds is 5. The first-order valence-electron chi connectivity index (χ1n) is 6.43. The summed E-state index contributed by atoms with van der Waals surface area (Å²) in [6.07, 6.45) is 2.86. The molecule has 0 aliphatic carbocycles. The lowest BCUT2D eigenvalue weighted by Gasteiger charge is -2.10. The summed E-state index contributed by atoms with van der Waals surface area (Å²) >= 11 is 0. The van der Waals surface area contributed by atoms with Gasteiger partial charge in [-0.05, 0) is 31.2 Å². The molecule has 0 spiro atoms. The molecule has 0 fully saturated rings. The molecule has 0 aliphatic rings. The van der Waals surface area contributed by atoms with Gasteiger partial charge in [-0.25, -0.2) is 0 Å². The normalized spacial score (nSPS) is 10.8. The second-order valence-corrected chi connectivity index (χ2v) is 4.07. The summed E-state index contributed by atoms with van der Waals surface area (Å²) in [7, 11) is 0. The number of furan rings is 1. The largest absolute Gasteiger partial charge is 0.492 e. The van der Waals surface area contributed by atoms with Gasteiger partial charge in [0.25, 0.3) is 5.91 Å². The predicted octanol–water partition coefficient (Wildman–Crippen LogP) is 3.22. The van der Waals surface area contributed by atoms with E-state index in [0.717, 1.165) is 0 Å². The van der Waals surface area contributed by atoms with Gasteiger partial charge < -0.3 is 14.5 Å².